The van der Waals surface area contributed by atoms with Gasteiger partial charge in [-0.15, -0.1) is 0 Å². The van der Waals surface area contributed by atoms with Gasteiger partial charge in [0.25, 0.3) is 0 Å². The first-order valence-corrected chi connectivity index (χ1v) is 4.97. The molecule has 0 aromatic heterocycles. The second-order valence-electron chi connectivity index (χ2n) is 2.53. The van der Waals surface area contributed by atoms with Gasteiger partial charge in [0.2, 0.25) is 0 Å². The second kappa shape index (κ2) is 4.19. The molecule has 0 aliphatic heterocycles. The van der Waals surface area contributed by atoms with Crippen molar-refractivity contribution in [3.8, 4) is 0 Å². The summed E-state index contributed by atoms with van der Waals surface area (Å²) in [4.78, 5) is 21.6. The van der Waals surface area contributed by atoms with Crippen molar-refractivity contribution in [3.63, 3.8) is 0 Å². The minimum atomic E-state index is -0.0521. The lowest BCUT2D eigenvalue weighted by molar-refractivity contribution is 0.101. The summed E-state index contributed by atoms with van der Waals surface area (Å²) in [5.74, 6) is -0.0521. The van der Waals surface area contributed by atoms with Gasteiger partial charge in [0.15, 0.2) is 12.1 Å². The minimum absolute atomic E-state index is 0.0521. The normalized spacial score (nSPS) is 9.77. The largest absolute Gasteiger partial charge is 0.298 e. The van der Waals surface area contributed by atoms with Crippen molar-refractivity contribution in [1.29, 1.82) is 0 Å². The van der Waals surface area contributed by atoms with Crippen LogP contribution in [0.3, 0.4) is 0 Å². The molecule has 0 N–H and O–H groups in total. The van der Waals surface area contributed by atoms with Crippen LogP contribution in [-0.2, 0) is 0 Å². The molecule has 1 rings (SSSR count). The van der Waals surface area contributed by atoms with Gasteiger partial charge >= 0.3 is 0 Å². The first kappa shape index (κ1) is 10.7. The highest BCUT2D eigenvalue weighted by Crippen LogP contribution is 2.22. The molecule has 0 amide bonds. The summed E-state index contributed by atoms with van der Waals surface area (Å²) < 4.78 is 0.747. The monoisotopic (exact) mass is 308 g/mol. The van der Waals surface area contributed by atoms with Gasteiger partial charge in [-0.1, -0.05) is 11.6 Å². The fourth-order valence-electron chi connectivity index (χ4n) is 0.922. The summed E-state index contributed by atoms with van der Waals surface area (Å²) in [6.45, 7) is 1.47. The Labute approximate surface area is 94.4 Å². The van der Waals surface area contributed by atoms with E-state index in [1.54, 1.807) is 6.07 Å². The SMILES string of the molecule is CC(=O)c1cc(Cl)c(C=O)cc1I. The summed E-state index contributed by atoms with van der Waals surface area (Å²) in [6, 6.07) is 3.13. The van der Waals surface area contributed by atoms with Crippen LogP contribution < -0.4 is 0 Å². The van der Waals surface area contributed by atoms with Crippen LogP contribution in [0.4, 0.5) is 0 Å². The topological polar surface area (TPSA) is 34.1 Å². The smallest absolute Gasteiger partial charge is 0.160 e. The molecule has 4 heteroatoms. The fourth-order valence-corrected chi connectivity index (χ4v) is 2.00. The molecule has 0 bridgehead atoms. The Balaban J connectivity index is 3.36. The zero-order chi connectivity index (χ0) is 10.0. The summed E-state index contributed by atoms with van der Waals surface area (Å²) >= 11 is 7.76. The predicted molar refractivity (Wildman–Crippen MR) is 59.6 cm³/mol. The number of aldehydes is 1. The number of Topliss-reactive ketones (excluding diaryl/α,β-unsaturated/α-hetero) is 1. The highest BCUT2D eigenvalue weighted by molar-refractivity contribution is 14.1. The Morgan fingerprint density at radius 2 is 2.15 bits per heavy atom. The van der Waals surface area contributed by atoms with Crippen LogP contribution in [0.5, 0.6) is 0 Å². The maximum atomic E-state index is 11.1. The van der Waals surface area contributed by atoms with Crippen molar-refractivity contribution in [3.05, 3.63) is 31.9 Å². The van der Waals surface area contributed by atoms with Crippen molar-refractivity contribution in [2.24, 2.45) is 0 Å². The van der Waals surface area contributed by atoms with Gasteiger partial charge in [-0.2, -0.15) is 0 Å². The molecule has 0 aliphatic carbocycles. The van der Waals surface area contributed by atoms with Crippen molar-refractivity contribution in [2.75, 3.05) is 0 Å². The van der Waals surface area contributed by atoms with E-state index in [-0.39, 0.29) is 5.78 Å². The molecule has 2 nitrogen and oxygen atoms in total. The van der Waals surface area contributed by atoms with Crippen LogP contribution in [0.25, 0.3) is 0 Å². The molecule has 1 aromatic rings. The molecule has 13 heavy (non-hydrogen) atoms. The Morgan fingerprint density at radius 3 is 2.62 bits per heavy atom. The molecule has 0 unspecified atom stereocenters. The van der Waals surface area contributed by atoms with E-state index >= 15 is 0 Å². The molecular weight excluding hydrogens is 302 g/mol. The highest BCUT2D eigenvalue weighted by Gasteiger charge is 2.09. The van der Waals surface area contributed by atoms with Crippen LogP contribution in [-0.4, -0.2) is 12.1 Å². The van der Waals surface area contributed by atoms with E-state index in [9.17, 15) is 9.59 Å². The van der Waals surface area contributed by atoms with Crippen LogP contribution in [0, 0.1) is 3.57 Å². The Bertz CT molecular complexity index is 374. The highest BCUT2D eigenvalue weighted by atomic mass is 127. The third kappa shape index (κ3) is 2.28. The van der Waals surface area contributed by atoms with Gasteiger partial charge in [0.1, 0.15) is 0 Å². The van der Waals surface area contributed by atoms with Crippen LogP contribution >= 0.6 is 34.2 Å². The number of rotatable bonds is 2. The molecule has 1 aromatic carbocycles. The average molecular weight is 309 g/mol. The number of ketones is 1. The molecule has 0 saturated heterocycles. The quantitative estimate of drug-likeness (QED) is 0.478. The molecule has 68 valence electrons. The van der Waals surface area contributed by atoms with E-state index in [1.807, 2.05) is 22.6 Å². The zero-order valence-corrected chi connectivity index (χ0v) is 9.72. The summed E-state index contributed by atoms with van der Waals surface area (Å²) in [6.07, 6.45) is 0.675. The standard InChI is InChI=1S/C9H6ClIO2/c1-5(13)7-3-8(10)6(4-12)2-9(7)11/h2-4H,1H3. The van der Waals surface area contributed by atoms with Crippen molar-refractivity contribution < 1.29 is 9.59 Å². The number of carbonyl (C=O) groups excluding carboxylic acids is 2. The van der Waals surface area contributed by atoms with E-state index in [1.165, 1.54) is 13.0 Å². The maximum Gasteiger partial charge on any atom is 0.160 e. The summed E-state index contributed by atoms with van der Waals surface area (Å²) in [7, 11) is 0. The van der Waals surface area contributed by atoms with Gasteiger partial charge in [0, 0.05) is 14.7 Å². The number of benzene rings is 1. The van der Waals surface area contributed by atoms with E-state index in [0.717, 1.165) is 3.57 Å². The Morgan fingerprint density at radius 1 is 1.54 bits per heavy atom. The average Bonchev–Trinajstić information content (AvgIpc) is 2.07. The van der Waals surface area contributed by atoms with Crippen molar-refractivity contribution in [1.82, 2.24) is 0 Å². The van der Waals surface area contributed by atoms with Crippen molar-refractivity contribution in [2.45, 2.75) is 6.92 Å². The molecule has 0 atom stereocenters. The number of halogens is 2. The molecule has 0 radical (unpaired) electrons. The van der Waals surface area contributed by atoms with Gasteiger partial charge in [-0.05, 0) is 41.6 Å². The molecule has 0 fully saturated rings. The second-order valence-corrected chi connectivity index (χ2v) is 4.10. The summed E-state index contributed by atoms with van der Waals surface area (Å²) in [5.41, 5.74) is 0.965. The zero-order valence-electron chi connectivity index (χ0n) is 6.80. The van der Waals surface area contributed by atoms with E-state index in [4.69, 9.17) is 11.6 Å². The van der Waals surface area contributed by atoms with Crippen LogP contribution in [0.2, 0.25) is 5.02 Å². The third-order valence-electron chi connectivity index (χ3n) is 1.59. The Hall–Kier alpha value is -0.420. The molecule has 0 saturated carbocycles. The number of carbonyl (C=O) groups is 2. The van der Waals surface area contributed by atoms with E-state index < -0.39 is 0 Å². The van der Waals surface area contributed by atoms with E-state index in [2.05, 4.69) is 0 Å². The van der Waals surface area contributed by atoms with Gasteiger partial charge in [-0.3, -0.25) is 9.59 Å². The fraction of sp³-hybridized carbons (Fsp3) is 0.111. The number of hydrogen-bond acceptors (Lipinski definition) is 2. The Kier molecular flexibility index (Phi) is 3.44. The summed E-state index contributed by atoms with van der Waals surface area (Å²) in [5, 5.41) is 0.320. The molecule has 0 aliphatic rings. The van der Waals surface area contributed by atoms with Gasteiger partial charge < -0.3 is 0 Å². The lowest BCUT2D eigenvalue weighted by Gasteiger charge is -2.02. The first-order chi connectivity index (χ1) is 6.06. The maximum absolute atomic E-state index is 11.1. The van der Waals surface area contributed by atoms with E-state index in [0.29, 0.717) is 22.4 Å². The minimum Gasteiger partial charge on any atom is -0.298 e. The predicted octanol–water partition coefficient (Wildman–Crippen LogP) is 2.96. The molecule has 0 heterocycles. The van der Waals surface area contributed by atoms with Crippen molar-refractivity contribution >= 4 is 46.3 Å². The number of hydrogen-bond donors (Lipinski definition) is 0. The van der Waals surface area contributed by atoms with Gasteiger partial charge in [0.05, 0.1) is 5.02 Å². The molecule has 0 spiro atoms. The molecular formula is C9H6ClIO2. The lowest BCUT2D eigenvalue weighted by Crippen LogP contribution is -1.97. The van der Waals surface area contributed by atoms with Crippen LogP contribution in [0.15, 0.2) is 12.1 Å². The third-order valence-corrected chi connectivity index (χ3v) is 2.81. The first-order valence-electron chi connectivity index (χ1n) is 3.51. The lowest BCUT2D eigenvalue weighted by atomic mass is 10.1. The van der Waals surface area contributed by atoms with Gasteiger partial charge in [-0.25, -0.2) is 0 Å². The van der Waals surface area contributed by atoms with Crippen LogP contribution in [0.1, 0.15) is 27.6 Å².